The summed E-state index contributed by atoms with van der Waals surface area (Å²) in [6.45, 7) is 4.10. The van der Waals surface area contributed by atoms with E-state index in [4.69, 9.17) is 9.84 Å². The average Bonchev–Trinajstić information content (AvgIpc) is 3.11. The Labute approximate surface area is 194 Å². The Kier molecular flexibility index (Phi) is 8.46. The maximum absolute atomic E-state index is 12.5. The molecule has 2 aromatic rings. The topological polar surface area (TPSA) is 105 Å². The first-order chi connectivity index (χ1) is 15.9. The zero-order chi connectivity index (χ0) is 23.8. The smallest absolute Gasteiger partial charge is 0.407 e. The van der Waals surface area contributed by atoms with Crippen LogP contribution in [0.15, 0.2) is 48.5 Å². The first-order valence-corrected chi connectivity index (χ1v) is 11.5. The summed E-state index contributed by atoms with van der Waals surface area (Å²) in [5, 5.41) is 14.5. The SMILES string of the molecule is CCC[C@@H](CC(=O)NCCC(C)C(=O)O)NC(=O)OCC1c2ccccc2-c2ccccc21. The van der Waals surface area contributed by atoms with Crippen LogP contribution >= 0.6 is 0 Å². The predicted molar refractivity (Wildman–Crippen MR) is 126 cm³/mol. The number of fused-ring (bicyclic) bond motifs is 3. The lowest BCUT2D eigenvalue weighted by Gasteiger charge is -2.19. The van der Waals surface area contributed by atoms with Crippen LogP contribution in [-0.4, -0.2) is 42.3 Å². The first kappa shape index (κ1) is 24.3. The van der Waals surface area contributed by atoms with E-state index < -0.39 is 18.0 Å². The van der Waals surface area contributed by atoms with Crippen LogP contribution in [0.4, 0.5) is 4.79 Å². The van der Waals surface area contributed by atoms with Crippen LogP contribution in [-0.2, 0) is 14.3 Å². The van der Waals surface area contributed by atoms with Gasteiger partial charge in [0.25, 0.3) is 0 Å². The standard InChI is InChI=1S/C26H32N2O5/c1-3-8-18(15-24(29)27-14-13-17(2)25(30)31)28-26(32)33-16-23-21-11-6-4-9-19(21)20-10-5-7-12-22(20)23/h4-7,9-12,17-18,23H,3,8,13-16H2,1-2H3,(H,27,29)(H,28,32)(H,30,31)/t17?,18-/m0/s1. The van der Waals surface area contributed by atoms with Crippen LogP contribution in [0.25, 0.3) is 11.1 Å². The summed E-state index contributed by atoms with van der Waals surface area (Å²) in [6.07, 6.45) is 1.39. The minimum atomic E-state index is -0.884. The molecule has 7 nitrogen and oxygen atoms in total. The van der Waals surface area contributed by atoms with E-state index >= 15 is 0 Å². The van der Waals surface area contributed by atoms with Gasteiger partial charge in [-0.3, -0.25) is 9.59 Å². The molecule has 0 aliphatic heterocycles. The van der Waals surface area contributed by atoms with Gasteiger partial charge in [0.2, 0.25) is 5.91 Å². The molecule has 0 radical (unpaired) electrons. The van der Waals surface area contributed by atoms with Crippen molar-refractivity contribution in [1.82, 2.24) is 10.6 Å². The van der Waals surface area contributed by atoms with Crippen molar-refractivity contribution in [2.75, 3.05) is 13.2 Å². The fraction of sp³-hybridized carbons (Fsp3) is 0.423. The molecule has 176 valence electrons. The Balaban J connectivity index is 1.52. The van der Waals surface area contributed by atoms with Gasteiger partial charge >= 0.3 is 12.1 Å². The number of carbonyl (C=O) groups excluding carboxylic acids is 2. The number of aliphatic carboxylic acids is 1. The number of rotatable bonds is 11. The van der Waals surface area contributed by atoms with Crippen LogP contribution in [0.1, 0.15) is 56.6 Å². The summed E-state index contributed by atoms with van der Waals surface area (Å²) in [5.41, 5.74) is 4.62. The number of ether oxygens (including phenoxy) is 1. The van der Waals surface area contributed by atoms with Gasteiger partial charge in [0.1, 0.15) is 6.61 Å². The molecule has 0 heterocycles. The molecule has 1 aliphatic rings. The lowest BCUT2D eigenvalue weighted by atomic mass is 9.98. The van der Waals surface area contributed by atoms with E-state index in [1.807, 2.05) is 31.2 Å². The van der Waals surface area contributed by atoms with Gasteiger partial charge in [0.05, 0.1) is 5.92 Å². The first-order valence-electron chi connectivity index (χ1n) is 11.5. The Bertz CT molecular complexity index is 945. The van der Waals surface area contributed by atoms with Crippen LogP contribution in [0.3, 0.4) is 0 Å². The Morgan fingerprint density at radius 3 is 2.18 bits per heavy atom. The highest BCUT2D eigenvalue weighted by Gasteiger charge is 2.29. The molecule has 2 amide bonds. The summed E-state index contributed by atoms with van der Waals surface area (Å²) >= 11 is 0. The third-order valence-electron chi connectivity index (χ3n) is 6.06. The minimum absolute atomic E-state index is 0.0210. The molecule has 0 saturated heterocycles. The van der Waals surface area contributed by atoms with Crippen LogP contribution in [0, 0.1) is 5.92 Å². The second-order valence-corrected chi connectivity index (χ2v) is 8.54. The quantitative estimate of drug-likeness (QED) is 0.471. The van der Waals surface area contributed by atoms with Gasteiger partial charge < -0.3 is 20.5 Å². The number of alkyl carbamates (subject to hydrolysis) is 1. The van der Waals surface area contributed by atoms with E-state index in [9.17, 15) is 14.4 Å². The normalized spacial score (nSPS) is 14.0. The van der Waals surface area contributed by atoms with Crippen molar-refractivity contribution in [3.8, 4) is 11.1 Å². The minimum Gasteiger partial charge on any atom is -0.481 e. The monoisotopic (exact) mass is 452 g/mol. The number of amides is 2. The summed E-state index contributed by atoms with van der Waals surface area (Å²) in [5.74, 6) is -1.64. The van der Waals surface area contributed by atoms with Crippen LogP contribution in [0.5, 0.6) is 0 Å². The molecule has 1 unspecified atom stereocenters. The van der Waals surface area contributed by atoms with Crippen molar-refractivity contribution in [3.63, 3.8) is 0 Å². The number of carboxylic acids is 1. The number of hydrogen-bond donors (Lipinski definition) is 3. The number of carboxylic acid groups (broad SMARTS) is 1. The summed E-state index contributed by atoms with van der Waals surface area (Å²) in [4.78, 5) is 35.7. The molecule has 3 rings (SSSR count). The maximum Gasteiger partial charge on any atom is 0.407 e. The lowest BCUT2D eigenvalue weighted by Crippen LogP contribution is -2.40. The number of benzene rings is 2. The molecular formula is C26H32N2O5. The molecule has 0 bridgehead atoms. The van der Waals surface area contributed by atoms with Crippen molar-refractivity contribution < 1.29 is 24.2 Å². The van der Waals surface area contributed by atoms with E-state index in [-0.39, 0.29) is 37.4 Å². The molecule has 2 atom stereocenters. The number of nitrogens with one attached hydrogen (secondary N) is 2. The maximum atomic E-state index is 12.5. The van der Waals surface area contributed by atoms with Gasteiger partial charge in [-0.1, -0.05) is 68.8 Å². The number of hydrogen-bond acceptors (Lipinski definition) is 4. The largest absolute Gasteiger partial charge is 0.481 e. The van der Waals surface area contributed by atoms with Crippen molar-refractivity contribution >= 4 is 18.0 Å². The third-order valence-corrected chi connectivity index (χ3v) is 6.06. The van der Waals surface area contributed by atoms with E-state index in [1.165, 1.54) is 11.1 Å². The molecule has 7 heteroatoms. The average molecular weight is 453 g/mol. The zero-order valence-corrected chi connectivity index (χ0v) is 19.2. The predicted octanol–water partition coefficient (Wildman–Crippen LogP) is 4.31. The molecule has 0 fully saturated rings. The van der Waals surface area contributed by atoms with Gasteiger partial charge in [0, 0.05) is 24.9 Å². The highest BCUT2D eigenvalue weighted by Crippen LogP contribution is 2.44. The second-order valence-electron chi connectivity index (χ2n) is 8.54. The van der Waals surface area contributed by atoms with Crippen molar-refractivity contribution in [2.24, 2.45) is 5.92 Å². The van der Waals surface area contributed by atoms with Gasteiger partial charge in [0.15, 0.2) is 0 Å². The molecule has 0 saturated carbocycles. The molecule has 3 N–H and O–H groups in total. The molecular weight excluding hydrogens is 420 g/mol. The highest BCUT2D eigenvalue weighted by atomic mass is 16.5. The van der Waals surface area contributed by atoms with Gasteiger partial charge in [-0.05, 0) is 35.1 Å². The lowest BCUT2D eigenvalue weighted by molar-refractivity contribution is -0.141. The fourth-order valence-corrected chi connectivity index (χ4v) is 4.23. The van der Waals surface area contributed by atoms with Gasteiger partial charge in [-0.15, -0.1) is 0 Å². The fourth-order valence-electron chi connectivity index (χ4n) is 4.23. The highest BCUT2D eigenvalue weighted by molar-refractivity contribution is 5.79. The van der Waals surface area contributed by atoms with Crippen molar-refractivity contribution in [1.29, 1.82) is 0 Å². The van der Waals surface area contributed by atoms with E-state index in [1.54, 1.807) is 6.92 Å². The summed E-state index contributed by atoms with van der Waals surface area (Å²) in [6, 6.07) is 16.0. The molecule has 0 aromatic heterocycles. The van der Waals surface area contributed by atoms with E-state index in [0.717, 1.165) is 17.5 Å². The zero-order valence-electron chi connectivity index (χ0n) is 19.2. The Morgan fingerprint density at radius 1 is 1.00 bits per heavy atom. The number of carbonyl (C=O) groups is 3. The molecule has 0 spiro atoms. The van der Waals surface area contributed by atoms with Crippen LogP contribution < -0.4 is 10.6 Å². The molecule has 1 aliphatic carbocycles. The van der Waals surface area contributed by atoms with Crippen molar-refractivity contribution in [2.45, 2.75) is 51.5 Å². The molecule has 2 aromatic carbocycles. The summed E-state index contributed by atoms with van der Waals surface area (Å²) < 4.78 is 5.59. The molecule has 33 heavy (non-hydrogen) atoms. The second kappa shape index (κ2) is 11.5. The van der Waals surface area contributed by atoms with E-state index in [2.05, 4.69) is 34.9 Å². The summed E-state index contributed by atoms with van der Waals surface area (Å²) in [7, 11) is 0. The Morgan fingerprint density at radius 2 is 1.61 bits per heavy atom. The van der Waals surface area contributed by atoms with Crippen LogP contribution in [0.2, 0.25) is 0 Å². The van der Waals surface area contributed by atoms with E-state index in [0.29, 0.717) is 12.8 Å². The Hall–Kier alpha value is -3.35. The third kappa shape index (κ3) is 6.34. The van der Waals surface area contributed by atoms with Gasteiger partial charge in [-0.2, -0.15) is 0 Å². The van der Waals surface area contributed by atoms with Crippen molar-refractivity contribution in [3.05, 3.63) is 59.7 Å². The van der Waals surface area contributed by atoms with Gasteiger partial charge in [-0.25, -0.2) is 4.79 Å².